The zero-order chi connectivity index (χ0) is 19.4. The van der Waals surface area contributed by atoms with E-state index in [0.29, 0.717) is 11.6 Å². The molecule has 1 fully saturated rings. The Morgan fingerprint density at radius 1 is 1.07 bits per heavy atom. The molecule has 1 saturated heterocycles. The Kier molecular flexibility index (Phi) is 5.91. The number of amides is 1. The van der Waals surface area contributed by atoms with Crippen LogP contribution in [0.1, 0.15) is 18.1 Å². The minimum atomic E-state index is -0.631. The monoisotopic (exact) mass is 369 g/mol. The number of nitrogens with zero attached hydrogens (tertiary/aromatic N) is 4. The Balaban J connectivity index is 1.62. The van der Waals surface area contributed by atoms with E-state index < -0.39 is 6.10 Å². The molecule has 0 saturated carbocycles. The van der Waals surface area contributed by atoms with Gasteiger partial charge in [0.25, 0.3) is 5.91 Å². The second kappa shape index (κ2) is 8.35. The summed E-state index contributed by atoms with van der Waals surface area (Å²) in [6, 6.07) is 7.73. The normalized spacial score (nSPS) is 16.1. The molecule has 1 atom stereocenters. The van der Waals surface area contributed by atoms with Crippen LogP contribution in [0.25, 0.3) is 0 Å². The van der Waals surface area contributed by atoms with Gasteiger partial charge in [0.1, 0.15) is 23.7 Å². The van der Waals surface area contributed by atoms with Gasteiger partial charge in [-0.3, -0.25) is 4.79 Å². The fourth-order valence-electron chi connectivity index (χ4n) is 3.11. The van der Waals surface area contributed by atoms with E-state index in [9.17, 15) is 4.79 Å². The van der Waals surface area contributed by atoms with Gasteiger partial charge < -0.3 is 19.9 Å². The Bertz CT molecular complexity index is 782. The lowest BCUT2D eigenvalue weighted by molar-refractivity contribution is -0.122. The van der Waals surface area contributed by atoms with Crippen LogP contribution in [0.15, 0.2) is 30.6 Å². The van der Waals surface area contributed by atoms with Gasteiger partial charge >= 0.3 is 0 Å². The molecule has 7 nitrogen and oxygen atoms in total. The molecule has 2 aromatic rings. The molecule has 0 bridgehead atoms. The number of carbonyl (C=O) groups excluding carboxylic acids is 1. The molecule has 0 aliphatic carbocycles. The van der Waals surface area contributed by atoms with Crippen molar-refractivity contribution >= 4 is 17.5 Å². The highest BCUT2D eigenvalue weighted by Gasteiger charge is 2.18. The van der Waals surface area contributed by atoms with Gasteiger partial charge in [-0.2, -0.15) is 0 Å². The second-order valence-corrected chi connectivity index (χ2v) is 7.12. The lowest BCUT2D eigenvalue weighted by atomic mass is 10.1. The van der Waals surface area contributed by atoms with E-state index in [1.54, 1.807) is 6.92 Å². The fourth-order valence-corrected chi connectivity index (χ4v) is 3.11. The van der Waals surface area contributed by atoms with Gasteiger partial charge in [0.05, 0.1) is 0 Å². The summed E-state index contributed by atoms with van der Waals surface area (Å²) in [5.41, 5.74) is 2.20. The third-order valence-corrected chi connectivity index (χ3v) is 4.61. The molecule has 1 amide bonds. The number of hydrogen-bond donors (Lipinski definition) is 1. The van der Waals surface area contributed by atoms with Crippen molar-refractivity contribution in [2.24, 2.45) is 0 Å². The number of rotatable bonds is 5. The lowest BCUT2D eigenvalue weighted by Gasteiger charge is -2.33. The average molecular weight is 369 g/mol. The first-order valence-corrected chi connectivity index (χ1v) is 9.22. The molecule has 1 unspecified atom stereocenters. The Hall–Kier alpha value is -2.67. The predicted octanol–water partition coefficient (Wildman–Crippen LogP) is 2.25. The number of carbonyl (C=O) groups is 1. The van der Waals surface area contributed by atoms with Crippen molar-refractivity contribution in [2.75, 3.05) is 43.4 Å². The standard InChI is InChI=1S/C20H27N5O2/c1-14-9-15(2)11-17(10-14)27-16(3)20(26)23-18-12-19(22-13-21-18)25-7-5-24(4)6-8-25/h9-13,16H,5-8H2,1-4H3,(H,21,22,23,26). The average Bonchev–Trinajstić information content (AvgIpc) is 2.61. The number of benzene rings is 1. The first-order chi connectivity index (χ1) is 12.9. The lowest BCUT2D eigenvalue weighted by Crippen LogP contribution is -2.44. The number of likely N-dealkylation sites (N-methyl/N-ethyl adjacent to an activating group) is 1. The van der Waals surface area contributed by atoms with Crippen molar-refractivity contribution in [3.8, 4) is 5.75 Å². The number of ether oxygens (including phenoxy) is 1. The summed E-state index contributed by atoms with van der Waals surface area (Å²) < 4.78 is 5.80. The van der Waals surface area contributed by atoms with Crippen LogP contribution < -0.4 is 15.0 Å². The highest BCUT2D eigenvalue weighted by Crippen LogP contribution is 2.19. The molecular formula is C20H27N5O2. The van der Waals surface area contributed by atoms with Crippen LogP contribution in [-0.4, -0.2) is 60.1 Å². The number of piperazine rings is 1. The van der Waals surface area contributed by atoms with E-state index >= 15 is 0 Å². The zero-order valence-corrected chi connectivity index (χ0v) is 16.4. The third kappa shape index (κ3) is 5.17. The molecule has 2 heterocycles. The van der Waals surface area contributed by atoms with Crippen LogP contribution >= 0.6 is 0 Å². The first kappa shape index (κ1) is 19.1. The van der Waals surface area contributed by atoms with E-state index in [4.69, 9.17) is 4.74 Å². The maximum Gasteiger partial charge on any atom is 0.266 e. The Labute approximate surface area is 160 Å². The SMILES string of the molecule is Cc1cc(C)cc(OC(C)C(=O)Nc2cc(N3CCN(C)CC3)ncn2)c1. The fraction of sp³-hybridized carbons (Fsp3) is 0.450. The highest BCUT2D eigenvalue weighted by atomic mass is 16.5. The number of nitrogens with one attached hydrogen (secondary N) is 1. The van der Waals surface area contributed by atoms with Gasteiger partial charge in [0.2, 0.25) is 0 Å². The minimum Gasteiger partial charge on any atom is -0.481 e. The molecule has 27 heavy (non-hydrogen) atoms. The Morgan fingerprint density at radius 3 is 2.41 bits per heavy atom. The molecular weight excluding hydrogens is 342 g/mol. The second-order valence-electron chi connectivity index (χ2n) is 7.12. The number of aromatic nitrogens is 2. The van der Waals surface area contributed by atoms with Gasteiger partial charge in [0.15, 0.2) is 6.10 Å². The Morgan fingerprint density at radius 2 is 1.74 bits per heavy atom. The van der Waals surface area contributed by atoms with Crippen molar-refractivity contribution in [2.45, 2.75) is 26.9 Å². The van der Waals surface area contributed by atoms with Gasteiger partial charge in [-0.15, -0.1) is 0 Å². The van der Waals surface area contributed by atoms with Gasteiger partial charge in [-0.05, 0) is 51.1 Å². The van der Waals surface area contributed by atoms with Crippen molar-refractivity contribution in [1.82, 2.24) is 14.9 Å². The molecule has 7 heteroatoms. The maximum atomic E-state index is 12.5. The van der Waals surface area contributed by atoms with Crippen LogP contribution in [-0.2, 0) is 4.79 Å². The summed E-state index contributed by atoms with van der Waals surface area (Å²) in [7, 11) is 2.11. The minimum absolute atomic E-state index is 0.239. The number of hydrogen-bond acceptors (Lipinski definition) is 6. The molecule has 1 aliphatic rings. The summed E-state index contributed by atoms with van der Waals surface area (Å²) >= 11 is 0. The first-order valence-electron chi connectivity index (χ1n) is 9.22. The highest BCUT2D eigenvalue weighted by molar-refractivity contribution is 5.93. The molecule has 0 radical (unpaired) electrons. The van der Waals surface area contributed by atoms with Crippen LogP contribution in [0.2, 0.25) is 0 Å². The van der Waals surface area contributed by atoms with E-state index in [1.165, 1.54) is 6.33 Å². The molecule has 1 aliphatic heterocycles. The van der Waals surface area contributed by atoms with Crippen molar-refractivity contribution in [3.05, 3.63) is 41.7 Å². The number of aryl methyl sites for hydroxylation is 2. The topological polar surface area (TPSA) is 70.6 Å². The smallest absolute Gasteiger partial charge is 0.266 e. The maximum absolute atomic E-state index is 12.5. The summed E-state index contributed by atoms with van der Waals surface area (Å²) in [4.78, 5) is 25.5. The van der Waals surface area contributed by atoms with Crippen LogP contribution in [0.4, 0.5) is 11.6 Å². The summed E-state index contributed by atoms with van der Waals surface area (Å²) in [6.45, 7) is 9.55. The zero-order valence-electron chi connectivity index (χ0n) is 16.4. The summed E-state index contributed by atoms with van der Waals surface area (Å²) in [5, 5.41) is 2.83. The quantitative estimate of drug-likeness (QED) is 0.872. The van der Waals surface area contributed by atoms with Crippen LogP contribution in [0, 0.1) is 13.8 Å². The van der Waals surface area contributed by atoms with Crippen LogP contribution in [0.3, 0.4) is 0 Å². The summed E-state index contributed by atoms with van der Waals surface area (Å²) in [6.07, 6.45) is 0.854. The predicted molar refractivity (Wildman–Crippen MR) is 106 cm³/mol. The van der Waals surface area contributed by atoms with Gasteiger partial charge in [-0.1, -0.05) is 6.07 Å². The number of anilines is 2. The van der Waals surface area contributed by atoms with Crippen molar-refractivity contribution in [3.63, 3.8) is 0 Å². The van der Waals surface area contributed by atoms with E-state index in [-0.39, 0.29) is 5.91 Å². The molecule has 0 spiro atoms. The van der Waals surface area contributed by atoms with E-state index in [2.05, 4.69) is 38.2 Å². The molecule has 3 rings (SSSR count). The molecule has 1 N–H and O–H groups in total. The third-order valence-electron chi connectivity index (χ3n) is 4.61. The van der Waals surface area contributed by atoms with E-state index in [0.717, 1.165) is 43.1 Å². The molecule has 1 aromatic heterocycles. The van der Waals surface area contributed by atoms with Gasteiger partial charge in [0, 0.05) is 32.2 Å². The van der Waals surface area contributed by atoms with Crippen molar-refractivity contribution < 1.29 is 9.53 Å². The van der Waals surface area contributed by atoms with Gasteiger partial charge in [-0.25, -0.2) is 9.97 Å². The van der Waals surface area contributed by atoms with E-state index in [1.807, 2.05) is 32.0 Å². The molecule has 144 valence electrons. The largest absolute Gasteiger partial charge is 0.481 e. The van der Waals surface area contributed by atoms with Crippen LogP contribution in [0.5, 0.6) is 5.75 Å². The molecule has 1 aromatic carbocycles. The summed E-state index contributed by atoms with van der Waals surface area (Å²) in [5.74, 6) is 1.77. The van der Waals surface area contributed by atoms with Crippen molar-refractivity contribution in [1.29, 1.82) is 0 Å².